The summed E-state index contributed by atoms with van der Waals surface area (Å²) in [6.07, 6.45) is 2.26. The first kappa shape index (κ1) is 14.7. The van der Waals surface area contributed by atoms with Crippen LogP contribution in [-0.2, 0) is 6.54 Å². The molecule has 0 unspecified atom stereocenters. The number of fused-ring (bicyclic) bond motifs is 1. The number of piperidine rings is 1. The maximum atomic E-state index is 5.58. The topological polar surface area (TPSA) is 42.5 Å². The Labute approximate surface area is 127 Å². The Morgan fingerprint density at radius 1 is 1.14 bits per heavy atom. The maximum absolute atomic E-state index is 5.58. The molecule has 1 fully saturated rings. The molecule has 2 heterocycles. The third-order valence-corrected chi connectivity index (χ3v) is 4.25. The van der Waals surface area contributed by atoms with Crippen molar-refractivity contribution in [1.82, 2.24) is 10.6 Å². The monoisotopic (exact) mass is 290 g/mol. The second-order valence-corrected chi connectivity index (χ2v) is 7.53. The molecule has 21 heavy (non-hydrogen) atoms. The summed E-state index contributed by atoms with van der Waals surface area (Å²) < 4.78 is 11.0. The second-order valence-electron chi connectivity index (χ2n) is 7.53. The van der Waals surface area contributed by atoms with Gasteiger partial charge in [0.1, 0.15) is 0 Å². The fourth-order valence-electron chi connectivity index (χ4n) is 3.85. The van der Waals surface area contributed by atoms with Crippen molar-refractivity contribution >= 4 is 0 Å². The van der Waals surface area contributed by atoms with E-state index < -0.39 is 0 Å². The van der Waals surface area contributed by atoms with Gasteiger partial charge in [-0.1, -0.05) is 12.1 Å². The summed E-state index contributed by atoms with van der Waals surface area (Å²) in [5.74, 6) is 1.76. The fourth-order valence-corrected chi connectivity index (χ4v) is 3.85. The SMILES string of the molecule is CC1(C)CC(NCc2cccc3c2OCO3)CC(C)(C)N1. The normalized spacial score (nSPS) is 23.2. The predicted molar refractivity (Wildman–Crippen MR) is 83.7 cm³/mol. The van der Waals surface area contributed by atoms with E-state index in [4.69, 9.17) is 9.47 Å². The van der Waals surface area contributed by atoms with Gasteiger partial charge in [0.25, 0.3) is 0 Å². The Hall–Kier alpha value is -1.26. The first-order valence-electron chi connectivity index (χ1n) is 7.75. The van der Waals surface area contributed by atoms with Crippen molar-refractivity contribution in [3.8, 4) is 11.5 Å². The lowest BCUT2D eigenvalue weighted by atomic mass is 9.79. The lowest BCUT2D eigenvalue weighted by Crippen LogP contribution is -2.61. The number of para-hydroxylation sites is 1. The van der Waals surface area contributed by atoms with Gasteiger partial charge < -0.3 is 20.1 Å². The summed E-state index contributed by atoms with van der Waals surface area (Å²) >= 11 is 0. The number of ether oxygens (including phenoxy) is 2. The lowest BCUT2D eigenvalue weighted by molar-refractivity contribution is 0.145. The molecule has 2 aliphatic rings. The number of benzene rings is 1. The van der Waals surface area contributed by atoms with Crippen LogP contribution in [-0.4, -0.2) is 23.9 Å². The Morgan fingerprint density at radius 3 is 2.57 bits per heavy atom. The van der Waals surface area contributed by atoms with Crippen molar-refractivity contribution in [3.05, 3.63) is 23.8 Å². The molecule has 116 valence electrons. The molecule has 0 bridgehead atoms. The van der Waals surface area contributed by atoms with E-state index in [1.807, 2.05) is 12.1 Å². The van der Waals surface area contributed by atoms with E-state index in [0.717, 1.165) is 30.9 Å². The van der Waals surface area contributed by atoms with Gasteiger partial charge in [-0.15, -0.1) is 0 Å². The van der Waals surface area contributed by atoms with Crippen molar-refractivity contribution in [3.63, 3.8) is 0 Å². The first-order valence-corrected chi connectivity index (χ1v) is 7.75. The van der Waals surface area contributed by atoms with Gasteiger partial charge in [0.15, 0.2) is 11.5 Å². The number of hydrogen-bond donors (Lipinski definition) is 2. The smallest absolute Gasteiger partial charge is 0.231 e. The van der Waals surface area contributed by atoms with Gasteiger partial charge in [-0.25, -0.2) is 0 Å². The Bertz CT molecular complexity index is 510. The Morgan fingerprint density at radius 2 is 1.86 bits per heavy atom. The molecule has 2 aliphatic heterocycles. The van der Waals surface area contributed by atoms with E-state index in [2.05, 4.69) is 44.4 Å². The van der Waals surface area contributed by atoms with Crippen LogP contribution in [0.2, 0.25) is 0 Å². The van der Waals surface area contributed by atoms with Crippen LogP contribution < -0.4 is 20.1 Å². The average Bonchev–Trinajstić information content (AvgIpc) is 2.81. The zero-order valence-corrected chi connectivity index (χ0v) is 13.5. The molecule has 0 spiro atoms. The molecular formula is C17H26N2O2. The van der Waals surface area contributed by atoms with Crippen molar-refractivity contribution in [2.75, 3.05) is 6.79 Å². The van der Waals surface area contributed by atoms with Gasteiger partial charge in [0.2, 0.25) is 6.79 Å². The Kier molecular flexibility index (Phi) is 3.62. The van der Waals surface area contributed by atoms with Crippen LogP contribution in [0.3, 0.4) is 0 Å². The predicted octanol–water partition coefficient (Wildman–Crippen LogP) is 2.81. The molecule has 3 rings (SSSR count). The highest BCUT2D eigenvalue weighted by Crippen LogP contribution is 2.35. The first-order chi connectivity index (χ1) is 9.85. The lowest BCUT2D eigenvalue weighted by Gasteiger charge is -2.46. The Balaban J connectivity index is 1.67. The van der Waals surface area contributed by atoms with Crippen LogP contribution in [0.5, 0.6) is 11.5 Å². The number of rotatable bonds is 3. The van der Waals surface area contributed by atoms with Crippen molar-refractivity contribution in [1.29, 1.82) is 0 Å². The highest BCUT2D eigenvalue weighted by molar-refractivity contribution is 5.48. The zero-order chi connectivity index (χ0) is 15.1. The molecule has 0 saturated carbocycles. The van der Waals surface area contributed by atoms with Crippen molar-refractivity contribution in [2.24, 2.45) is 0 Å². The summed E-state index contributed by atoms with van der Waals surface area (Å²) in [5, 5.41) is 7.42. The zero-order valence-electron chi connectivity index (χ0n) is 13.5. The molecule has 0 atom stereocenters. The van der Waals surface area contributed by atoms with Gasteiger partial charge in [-0.3, -0.25) is 0 Å². The molecular weight excluding hydrogens is 264 g/mol. The summed E-state index contributed by atoms with van der Waals surface area (Å²) in [5.41, 5.74) is 1.51. The van der Waals surface area contributed by atoms with E-state index >= 15 is 0 Å². The molecule has 1 aromatic carbocycles. The minimum atomic E-state index is 0.164. The third kappa shape index (κ3) is 3.33. The molecule has 0 amide bonds. The van der Waals surface area contributed by atoms with Gasteiger partial charge in [0.05, 0.1) is 0 Å². The standard InChI is InChI=1S/C17H26N2O2/c1-16(2)8-13(9-17(3,4)19-16)18-10-12-6-5-7-14-15(12)21-11-20-14/h5-7,13,18-19H,8-11H2,1-4H3. The van der Waals surface area contributed by atoms with Crippen LogP contribution in [0.25, 0.3) is 0 Å². The van der Waals surface area contributed by atoms with Crippen LogP contribution in [0.1, 0.15) is 46.1 Å². The minimum absolute atomic E-state index is 0.164. The van der Waals surface area contributed by atoms with Crippen LogP contribution in [0.15, 0.2) is 18.2 Å². The fraction of sp³-hybridized carbons (Fsp3) is 0.647. The summed E-state index contributed by atoms with van der Waals surface area (Å²) in [4.78, 5) is 0. The van der Waals surface area contributed by atoms with E-state index in [1.54, 1.807) is 0 Å². The average molecular weight is 290 g/mol. The molecule has 0 aliphatic carbocycles. The van der Waals surface area contributed by atoms with E-state index in [9.17, 15) is 0 Å². The minimum Gasteiger partial charge on any atom is -0.454 e. The van der Waals surface area contributed by atoms with E-state index in [0.29, 0.717) is 12.8 Å². The van der Waals surface area contributed by atoms with Crippen molar-refractivity contribution in [2.45, 2.75) is 64.2 Å². The van der Waals surface area contributed by atoms with E-state index in [1.165, 1.54) is 5.56 Å². The largest absolute Gasteiger partial charge is 0.454 e. The quantitative estimate of drug-likeness (QED) is 0.898. The van der Waals surface area contributed by atoms with Gasteiger partial charge in [0, 0.05) is 29.2 Å². The van der Waals surface area contributed by atoms with Crippen LogP contribution in [0, 0.1) is 0 Å². The highest BCUT2D eigenvalue weighted by atomic mass is 16.7. The van der Waals surface area contributed by atoms with Crippen LogP contribution in [0.4, 0.5) is 0 Å². The van der Waals surface area contributed by atoms with Crippen LogP contribution >= 0.6 is 0 Å². The summed E-state index contributed by atoms with van der Waals surface area (Å²) in [6.45, 7) is 10.3. The molecule has 1 aromatic rings. The molecule has 1 saturated heterocycles. The van der Waals surface area contributed by atoms with Gasteiger partial charge in [-0.05, 0) is 46.6 Å². The maximum Gasteiger partial charge on any atom is 0.231 e. The van der Waals surface area contributed by atoms with Gasteiger partial charge in [-0.2, -0.15) is 0 Å². The van der Waals surface area contributed by atoms with Gasteiger partial charge >= 0.3 is 0 Å². The highest BCUT2D eigenvalue weighted by Gasteiger charge is 2.37. The molecule has 2 N–H and O–H groups in total. The molecule has 4 heteroatoms. The van der Waals surface area contributed by atoms with Crippen molar-refractivity contribution < 1.29 is 9.47 Å². The third-order valence-electron chi connectivity index (χ3n) is 4.25. The summed E-state index contributed by atoms with van der Waals surface area (Å²) in [7, 11) is 0. The number of nitrogens with one attached hydrogen (secondary N) is 2. The second kappa shape index (κ2) is 5.18. The molecule has 0 radical (unpaired) electrons. The molecule has 0 aromatic heterocycles. The molecule has 4 nitrogen and oxygen atoms in total. The summed E-state index contributed by atoms with van der Waals surface area (Å²) in [6, 6.07) is 6.61. The van der Waals surface area contributed by atoms with E-state index in [-0.39, 0.29) is 11.1 Å². The number of hydrogen-bond acceptors (Lipinski definition) is 4.